The molecule has 1 unspecified atom stereocenters. The minimum atomic E-state index is -0.355. The van der Waals surface area contributed by atoms with Crippen molar-refractivity contribution >= 4 is 5.91 Å². The van der Waals surface area contributed by atoms with Gasteiger partial charge < -0.3 is 10.0 Å². The van der Waals surface area contributed by atoms with Gasteiger partial charge in [0.05, 0.1) is 0 Å². The molecule has 1 heterocycles. The molecule has 4 nitrogen and oxygen atoms in total. The van der Waals surface area contributed by atoms with Crippen LogP contribution in [-0.2, 0) is 11.3 Å². The van der Waals surface area contributed by atoms with E-state index in [0.717, 1.165) is 5.56 Å². The SMILES string of the molecule is Cc1ccccc1CN(C)C(=O)C(C)[n+]1cccc(O)c1. The Morgan fingerprint density at radius 3 is 2.67 bits per heavy atom. The number of aromatic hydroxyl groups is 1. The Morgan fingerprint density at radius 1 is 1.29 bits per heavy atom. The van der Waals surface area contributed by atoms with E-state index in [0.29, 0.717) is 6.54 Å². The number of benzene rings is 1. The number of pyridine rings is 1. The van der Waals surface area contributed by atoms with Crippen LogP contribution in [0.3, 0.4) is 0 Å². The average Bonchev–Trinajstić information content (AvgIpc) is 2.48. The van der Waals surface area contributed by atoms with Crippen molar-refractivity contribution in [2.24, 2.45) is 0 Å². The zero-order valence-electron chi connectivity index (χ0n) is 12.7. The highest BCUT2D eigenvalue weighted by Crippen LogP contribution is 2.12. The number of carbonyl (C=O) groups is 1. The maximum Gasteiger partial charge on any atom is 0.291 e. The van der Waals surface area contributed by atoms with Crippen molar-refractivity contribution in [1.29, 1.82) is 0 Å². The van der Waals surface area contributed by atoms with E-state index in [9.17, 15) is 9.90 Å². The van der Waals surface area contributed by atoms with E-state index >= 15 is 0 Å². The van der Waals surface area contributed by atoms with Crippen LogP contribution in [0.5, 0.6) is 5.75 Å². The lowest BCUT2D eigenvalue weighted by Gasteiger charge is -2.20. The average molecular weight is 285 g/mol. The van der Waals surface area contributed by atoms with Crippen LogP contribution < -0.4 is 4.57 Å². The van der Waals surface area contributed by atoms with Gasteiger partial charge in [0.15, 0.2) is 11.9 Å². The van der Waals surface area contributed by atoms with E-state index in [1.54, 1.807) is 41.0 Å². The quantitative estimate of drug-likeness (QED) is 0.875. The topological polar surface area (TPSA) is 44.4 Å². The van der Waals surface area contributed by atoms with Crippen molar-refractivity contribution in [2.45, 2.75) is 26.4 Å². The molecule has 0 spiro atoms. The van der Waals surface area contributed by atoms with Gasteiger partial charge in [0.25, 0.3) is 5.91 Å². The molecule has 2 rings (SSSR count). The first-order chi connectivity index (χ1) is 9.99. The third kappa shape index (κ3) is 3.60. The van der Waals surface area contributed by atoms with E-state index in [4.69, 9.17) is 0 Å². The van der Waals surface area contributed by atoms with Crippen LogP contribution in [0.2, 0.25) is 0 Å². The Bertz CT molecular complexity index is 640. The number of amides is 1. The van der Waals surface area contributed by atoms with E-state index in [1.165, 1.54) is 5.56 Å². The molecule has 0 saturated carbocycles. The maximum absolute atomic E-state index is 12.5. The Morgan fingerprint density at radius 2 is 2.00 bits per heavy atom. The molecular weight excluding hydrogens is 264 g/mol. The first-order valence-corrected chi connectivity index (χ1v) is 6.98. The molecule has 0 aliphatic rings. The van der Waals surface area contributed by atoms with Crippen LogP contribution in [0.25, 0.3) is 0 Å². The van der Waals surface area contributed by atoms with Crippen LogP contribution in [0.1, 0.15) is 24.1 Å². The lowest BCUT2D eigenvalue weighted by atomic mass is 10.1. The maximum atomic E-state index is 12.5. The first kappa shape index (κ1) is 15.0. The third-order valence-electron chi connectivity index (χ3n) is 3.66. The number of aromatic nitrogens is 1. The summed E-state index contributed by atoms with van der Waals surface area (Å²) in [5.74, 6) is 0.160. The fourth-order valence-corrected chi connectivity index (χ4v) is 2.29. The summed E-state index contributed by atoms with van der Waals surface area (Å²) >= 11 is 0. The second kappa shape index (κ2) is 6.39. The van der Waals surface area contributed by atoms with Crippen molar-refractivity contribution in [3.05, 3.63) is 59.9 Å². The van der Waals surface area contributed by atoms with Gasteiger partial charge in [0, 0.05) is 26.6 Å². The normalized spacial score (nSPS) is 12.0. The molecule has 1 amide bonds. The van der Waals surface area contributed by atoms with E-state index < -0.39 is 0 Å². The van der Waals surface area contributed by atoms with Gasteiger partial charge in [-0.15, -0.1) is 0 Å². The smallest absolute Gasteiger partial charge is 0.291 e. The van der Waals surface area contributed by atoms with Gasteiger partial charge in [-0.2, -0.15) is 4.57 Å². The zero-order valence-corrected chi connectivity index (χ0v) is 12.7. The summed E-state index contributed by atoms with van der Waals surface area (Å²) in [5.41, 5.74) is 2.32. The molecule has 0 radical (unpaired) electrons. The molecule has 1 aromatic carbocycles. The van der Waals surface area contributed by atoms with Gasteiger partial charge in [-0.25, -0.2) is 0 Å². The number of rotatable bonds is 4. The number of hydrogen-bond acceptors (Lipinski definition) is 2. The van der Waals surface area contributed by atoms with Gasteiger partial charge in [-0.1, -0.05) is 24.3 Å². The molecule has 4 heteroatoms. The molecular formula is C17H21N2O2+. The van der Waals surface area contributed by atoms with E-state index in [2.05, 4.69) is 0 Å². The van der Waals surface area contributed by atoms with Crippen molar-refractivity contribution in [3.63, 3.8) is 0 Å². The van der Waals surface area contributed by atoms with Crippen molar-refractivity contribution in [2.75, 3.05) is 7.05 Å². The molecule has 0 aliphatic carbocycles. The largest absolute Gasteiger partial charge is 0.503 e. The van der Waals surface area contributed by atoms with Gasteiger partial charge in [-0.05, 0) is 24.1 Å². The molecule has 0 fully saturated rings. The van der Waals surface area contributed by atoms with Gasteiger partial charge in [-0.3, -0.25) is 4.79 Å². The highest BCUT2D eigenvalue weighted by atomic mass is 16.3. The second-order valence-corrected chi connectivity index (χ2v) is 5.31. The zero-order chi connectivity index (χ0) is 15.4. The molecule has 2 aromatic rings. The Labute approximate surface area is 125 Å². The summed E-state index contributed by atoms with van der Waals surface area (Å²) in [7, 11) is 1.80. The van der Waals surface area contributed by atoms with Gasteiger partial charge in [0.1, 0.15) is 0 Å². The Hall–Kier alpha value is -2.36. The summed E-state index contributed by atoms with van der Waals surface area (Å²) in [6.45, 7) is 4.45. The predicted molar refractivity (Wildman–Crippen MR) is 80.7 cm³/mol. The highest BCUT2D eigenvalue weighted by molar-refractivity contribution is 5.78. The molecule has 1 atom stereocenters. The fourth-order valence-electron chi connectivity index (χ4n) is 2.29. The highest BCUT2D eigenvalue weighted by Gasteiger charge is 2.25. The Balaban J connectivity index is 2.10. The van der Waals surface area contributed by atoms with Crippen LogP contribution in [0, 0.1) is 6.92 Å². The molecule has 110 valence electrons. The monoisotopic (exact) mass is 285 g/mol. The predicted octanol–water partition coefficient (Wildman–Crippen LogP) is 2.21. The summed E-state index contributed by atoms with van der Waals surface area (Å²) in [5, 5.41) is 9.51. The number of hydrogen-bond donors (Lipinski definition) is 1. The lowest BCUT2D eigenvalue weighted by molar-refractivity contribution is -0.707. The number of likely N-dealkylation sites (N-methyl/N-ethyl adjacent to an activating group) is 1. The summed E-state index contributed by atoms with van der Waals surface area (Å²) in [6, 6.07) is 11.0. The fraction of sp³-hybridized carbons (Fsp3) is 0.294. The van der Waals surface area contributed by atoms with E-state index in [1.807, 2.05) is 38.1 Å². The van der Waals surface area contributed by atoms with Crippen molar-refractivity contribution < 1.29 is 14.5 Å². The first-order valence-electron chi connectivity index (χ1n) is 6.98. The number of nitrogens with zero attached hydrogens (tertiary/aromatic N) is 2. The van der Waals surface area contributed by atoms with Crippen molar-refractivity contribution in [3.8, 4) is 5.75 Å². The summed E-state index contributed by atoms with van der Waals surface area (Å²) in [4.78, 5) is 14.2. The van der Waals surface area contributed by atoms with Crippen LogP contribution >= 0.6 is 0 Å². The van der Waals surface area contributed by atoms with E-state index in [-0.39, 0.29) is 17.7 Å². The van der Waals surface area contributed by atoms with Gasteiger partial charge in [0.2, 0.25) is 12.2 Å². The van der Waals surface area contributed by atoms with Crippen LogP contribution in [0.15, 0.2) is 48.8 Å². The van der Waals surface area contributed by atoms with Crippen LogP contribution in [-0.4, -0.2) is 23.0 Å². The third-order valence-corrected chi connectivity index (χ3v) is 3.66. The standard InChI is InChI=1S/C17H20N2O2/c1-13-7-4-5-8-15(13)11-18(3)17(21)14(2)19-10-6-9-16(20)12-19/h4-10,12,14H,11H2,1-3H3/p+1. The minimum Gasteiger partial charge on any atom is -0.503 e. The molecule has 0 aliphatic heterocycles. The number of carbonyl (C=O) groups excluding carboxylic acids is 1. The molecule has 1 N–H and O–H groups in total. The number of aryl methyl sites for hydroxylation is 1. The lowest BCUT2D eigenvalue weighted by Crippen LogP contribution is -2.46. The molecule has 0 saturated heterocycles. The molecule has 21 heavy (non-hydrogen) atoms. The molecule has 1 aromatic heterocycles. The minimum absolute atomic E-state index is 0.00820. The van der Waals surface area contributed by atoms with Crippen LogP contribution in [0.4, 0.5) is 0 Å². The van der Waals surface area contributed by atoms with Gasteiger partial charge >= 0.3 is 0 Å². The second-order valence-electron chi connectivity index (χ2n) is 5.31. The molecule has 0 bridgehead atoms. The Kier molecular flexibility index (Phi) is 4.58. The summed E-state index contributed by atoms with van der Waals surface area (Å²) < 4.78 is 1.71. The summed E-state index contributed by atoms with van der Waals surface area (Å²) in [6.07, 6.45) is 3.34. The van der Waals surface area contributed by atoms with Crippen molar-refractivity contribution in [1.82, 2.24) is 4.90 Å².